The van der Waals surface area contributed by atoms with Crippen LogP contribution in [0.25, 0.3) is 0 Å². The zero-order chi connectivity index (χ0) is 17.9. The Morgan fingerprint density at radius 2 is 2.27 bits per heavy atom. The van der Waals surface area contributed by atoms with Gasteiger partial charge in [-0.25, -0.2) is 0 Å². The number of fused-ring (bicyclic) bond motifs is 2. The highest BCUT2D eigenvalue weighted by atomic mass is 16.6. The normalized spacial score (nSPS) is 46.1. The Labute approximate surface area is 154 Å². The maximum Gasteiger partial charge on any atom is 0.311 e. The smallest absolute Gasteiger partial charge is 0.311 e. The van der Waals surface area contributed by atoms with E-state index in [1.807, 2.05) is 18.2 Å². The van der Waals surface area contributed by atoms with Crippen LogP contribution in [0.5, 0.6) is 0 Å². The van der Waals surface area contributed by atoms with Gasteiger partial charge < -0.3 is 14.8 Å². The third kappa shape index (κ3) is 2.23. The molecular formula is C21H28N2O3. The van der Waals surface area contributed by atoms with Crippen molar-refractivity contribution in [2.45, 2.75) is 63.9 Å². The van der Waals surface area contributed by atoms with Crippen LogP contribution in [0.2, 0.25) is 0 Å². The Balaban J connectivity index is 1.32. The van der Waals surface area contributed by atoms with Crippen molar-refractivity contribution in [3.63, 3.8) is 0 Å². The Kier molecular flexibility index (Phi) is 3.70. The first-order chi connectivity index (χ1) is 12.6. The van der Waals surface area contributed by atoms with E-state index in [0.717, 1.165) is 12.1 Å². The molecule has 1 aromatic heterocycles. The molecular weight excluding hydrogens is 328 g/mol. The number of rotatable bonds is 4. The van der Waals surface area contributed by atoms with Crippen LogP contribution in [0, 0.1) is 23.2 Å². The Morgan fingerprint density at radius 1 is 1.38 bits per heavy atom. The number of aromatic nitrogens is 1. The molecule has 5 heteroatoms. The minimum Gasteiger partial charge on any atom is -0.462 e. The average Bonchev–Trinajstić information content (AvgIpc) is 3.30. The first-order valence-electron chi connectivity index (χ1n) is 10.0. The molecule has 26 heavy (non-hydrogen) atoms. The summed E-state index contributed by atoms with van der Waals surface area (Å²) in [6.45, 7) is 6.01. The fourth-order valence-electron chi connectivity index (χ4n) is 6.32. The second-order valence-corrected chi connectivity index (χ2v) is 9.00. The Morgan fingerprint density at radius 3 is 3.08 bits per heavy atom. The lowest BCUT2D eigenvalue weighted by Gasteiger charge is -2.48. The molecule has 0 unspecified atom stereocenters. The SMILES string of the molecule is C[C@H]1CCC[C@]2(C)C[C@H]3OC(=O)[C@H](CNCc4ccccn4)[C@H]3[C@H]3O[C@]312. The number of nitrogens with zero attached hydrogens (tertiary/aromatic N) is 1. The second-order valence-electron chi connectivity index (χ2n) is 9.00. The van der Waals surface area contributed by atoms with Crippen LogP contribution in [0.1, 0.15) is 45.2 Å². The van der Waals surface area contributed by atoms with Crippen molar-refractivity contribution in [3.05, 3.63) is 30.1 Å². The van der Waals surface area contributed by atoms with Crippen LogP contribution in [-0.4, -0.2) is 35.3 Å². The van der Waals surface area contributed by atoms with Crippen molar-refractivity contribution in [2.24, 2.45) is 23.2 Å². The number of carbonyl (C=O) groups is 1. The molecule has 0 radical (unpaired) electrons. The molecule has 0 amide bonds. The summed E-state index contributed by atoms with van der Waals surface area (Å²) in [5.74, 6) is 0.623. The molecule has 2 aliphatic carbocycles. The molecule has 2 aliphatic heterocycles. The van der Waals surface area contributed by atoms with Gasteiger partial charge in [-0.3, -0.25) is 9.78 Å². The van der Waals surface area contributed by atoms with Crippen LogP contribution in [0.4, 0.5) is 0 Å². The lowest BCUT2D eigenvalue weighted by Crippen LogP contribution is -2.54. The lowest BCUT2D eigenvalue weighted by atomic mass is 9.53. The summed E-state index contributed by atoms with van der Waals surface area (Å²) in [7, 11) is 0. The predicted molar refractivity (Wildman–Crippen MR) is 96.1 cm³/mol. The maximum atomic E-state index is 12.6. The number of epoxide rings is 1. The van der Waals surface area contributed by atoms with E-state index >= 15 is 0 Å². The van der Waals surface area contributed by atoms with Gasteiger partial charge in [0.2, 0.25) is 0 Å². The summed E-state index contributed by atoms with van der Waals surface area (Å²) in [6.07, 6.45) is 6.66. The topological polar surface area (TPSA) is 63.8 Å². The highest BCUT2D eigenvalue weighted by molar-refractivity contribution is 5.76. The number of pyridine rings is 1. The van der Waals surface area contributed by atoms with Crippen LogP contribution < -0.4 is 5.32 Å². The standard InChI is InChI=1S/C21H28N2O3/c1-13-6-5-8-20(2)10-16-17(18-21(13,20)26-18)15(19(24)25-16)12-22-11-14-7-3-4-9-23-14/h3-4,7,9,13,15-18,22H,5-6,8,10-12H2,1-2H3/t13-,15+,16+,17+,18+,20+,21-/m0/s1. The molecule has 3 heterocycles. The molecule has 5 nitrogen and oxygen atoms in total. The van der Waals surface area contributed by atoms with Gasteiger partial charge in [-0.2, -0.15) is 0 Å². The maximum absolute atomic E-state index is 12.6. The van der Waals surface area contributed by atoms with Crippen molar-refractivity contribution >= 4 is 5.97 Å². The summed E-state index contributed by atoms with van der Waals surface area (Å²) in [4.78, 5) is 16.9. The Bertz CT molecular complexity index is 710. The number of hydrogen-bond donors (Lipinski definition) is 1. The van der Waals surface area contributed by atoms with Gasteiger partial charge in [0.1, 0.15) is 11.7 Å². The number of carbonyl (C=O) groups excluding carboxylic acids is 1. The third-order valence-corrected chi connectivity index (χ3v) is 7.59. The van der Waals surface area contributed by atoms with Crippen LogP contribution in [-0.2, 0) is 20.8 Å². The minimum absolute atomic E-state index is 0.0143. The van der Waals surface area contributed by atoms with Gasteiger partial charge in [0, 0.05) is 30.6 Å². The first-order valence-corrected chi connectivity index (χ1v) is 10.0. The van der Waals surface area contributed by atoms with Crippen molar-refractivity contribution < 1.29 is 14.3 Å². The number of nitrogens with one attached hydrogen (secondary N) is 1. The molecule has 0 bridgehead atoms. The lowest BCUT2D eigenvalue weighted by molar-refractivity contribution is -0.146. The van der Waals surface area contributed by atoms with E-state index < -0.39 is 0 Å². The quantitative estimate of drug-likeness (QED) is 0.664. The molecule has 2 saturated heterocycles. The van der Waals surface area contributed by atoms with E-state index in [1.165, 1.54) is 19.3 Å². The van der Waals surface area contributed by atoms with E-state index in [9.17, 15) is 4.79 Å². The molecule has 140 valence electrons. The third-order valence-electron chi connectivity index (χ3n) is 7.59. The molecule has 5 rings (SSSR count). The van der Waals surface area contributed by atoms with E-state index in [2.05, 4.69) is 24.1 Å². The van der Waals surface area contributed by atoms with Gasteiger partial charge in [0.05, 0.1) is 17.7 Å². The van der Waals surface area contributed by atoms with E-state index in [-0.39, 0.29) is 41.0 Å². The minimum atomic E-state index is -0.105. The Hall–Kier alpha value is -1.46. The molecule has 2 saturated carbocycles. The van der Waals surface area contributed by atoms with Gasteiger partial charge in [-0.15, -0.1) is 0 Å². The van der Waals surface area contributed by atoms with E-state index in [1.54, 1.807) is 6.20 Å². The molecule has 1 N–H and O–H groups in total. The largest absolute Gasteiger partial charge is 0.462 e. The zero-order valence-electron chi connectivity index (χ0n) is 15.6. The van der Waals surface area contributed by atoms with Crippen molar-refractivity contribution in [3.8, 4) is 0 Å². The van der Waals surface area contributed by atoms with Gasteiger partial charge >= 0.3 is 5.97 Å². The van der Waals surface area contributed by atoms with Crippen LogP contribution >= 0.6 is 0 Å². The predicted octanol–water partition coefficient (Wildman–Crippen LogP) is 2.70. The highest BCUT2D eigenvalue weighted by Gasteiger charge is 2.78. The van der Waals surface area contributed by atoms with Crippen molar-refractivity contribution in [1.29, 1.82) is 0 Å². The van der Waals surface area contributed by atoms with E-state index in [0.29, 0.717) is 19.0 Å². The summed E-state index contributed by atoms with van der Waals surface area (Å²) in [5.41, 5.74) is 1.14. The fourth-order valence-corrected chi connectivity index (χ4v) is 6.32. The van der Waals surface area contributed by atoms with Crippen molar-refractivity contribution in [2.75, 3.05) is 6.54 Å². The molecule has 1 spiro atoms. The zero-order valence-corrected chi connectivity index (χ0v) is 15.6. The molecule has 0 aromatic carbocycles. The highest BCUT2D eigenvalue weighted by Crippen LogP contribution is 2.70. The summed E-state index contributed by atoms with van der Waals surface area (Å²) >= 11 is 0. The van der Waals surface area contributed by atoms with Gasteiger partial charge in [0.25, 0.3) is 0 Å². The average molecular weight is 356 g/mol. The van der Waals surface area contributed by atoms with E-state index in [4.69, 9.17) is 9.47 Å². The summed E-state index contributed by atoms with van der Waals surface area (Å²) < 4.78 is 12.3. The monoisotopic (exact) mass is 356 g/mol. The van der Waals surface area contributed by atoms with Gasteiger partial charge in [-0.05, 0) is 37.3 Å². The number of ether oxygens (including phenoxy) is 2. The summed E-state index contributed by atoms with van der Waals surface area (Å²) in [5, 5.41) is 3.42. The first kappa shape index (κ1) is 16.7. The van der Waals surface area contributed by atoms with Crippen LogP contribution in [0.3, 0.4) is 0 Å². The van der Waals surface area contributed by atoms with Gasteiger partial charge in [-0.1, -0.05) is 26.3 Å². The molecule has 4 fully saturated rings. The van der Waals surface area contributed by atoms with Gasteiger partial charge in [0.15, 0.2) is 0 Å². The number of hydrogen-bond acceptors (Lipinski definition) is 5. The molecule has 1 aromatic rings. The van der Waals surface area contributed by atoms with Crippen LogP contribution in [0.15, 0.2) is 24.4 Å². The fraction of sp³-hybridized carbons (Fsp3) is 0.714. The second kappa shape index (κ2) is 5.77. The molecule has 4 aliphatic rings. The number of esters is 1. The summed E-state index contributed by atoms with van der Waals surface area (Å²) in [6, 6.07) is 5.90. The molecule has 7 atom stereocenters. The van der Waals surface area contributed by atoms with Crippen molar-refractivity contribution in [1.82, 2.24) is 10.3 Å².